The second-order valence-corrected chi connectivity index (χ2v) is 5.05. The van der Waals surface area contributed by atoms with E-state index in [9.17, 15) is 9.90 Å². The first-order chi connectivity index (χ1) is 9.02. The third-order valence-corrected chi connectivity index (χ3v) is 4.10. The van der Waals surface area contributed by atoms with Gasteiger partial charge in [0.1, 0.15) is 0 Å². The van der Waals surface area contributed by atoms with E-state index in [4.69, 9.17) is 0 Å². The van der Waals surface area contributed by atoms with Crippen LogP contribution in [0.1, 0.15) is 39.2 Å². The fourth-order valence-corrected chi connectivity index (χ4v) is 2.74. The SMILES string of the molecule is CCN(CC)C(C)C(C)C(C(=O)O)c1ccccc1. The maximum atomic E-state index is 11.6. The Hall–Kier alpha value is -1.35. The minimum absolute atomic E-state index is 0.0693. The minimum atomic E-state index is -0.738. The number of carboxylic acid groups (broad SMARTS) is 1. The summed E-state index contributed by atoms with van der Waals surface area (Å²) in [5.74, 6) is -1.12. The van der Waals surface area contributed by atoms with Gasteiger partial charge >= 0.3 is 5.97 Å². The summed E-state index contributed by atoms with van der Waals surface area (Å²) in [6, 6.07) is 9.78. The fraction of sp³-hybridized carbons (Fsp3) is 0.562. The van der Waals surface area contributed by atoms with Gasteiger partial charge in [-0.2, -0.15) is 0 Å². The average Bonchev–Trinajstić information content (AvgIpc) is 2.40. The smallest absolute Gasteiger partial charge is 0.311 e. The molecule has 0 aliphatic rings. The fourth-order valence-electron chi connectivity index (χ4n) is 2.74. The minimum Gasteiger partial charge on any atom is -0.481 e. The summed E-state index contributed by atoms with van der Waals surface area (Å²) < 4.78 is 0. The average molecular weight is 263 g/mol. The van der Waals surface area contributed by atoms with Gasteiger partial charge in [-0.3, -0.25) is 4.79 Å². The molecule has 0 aliphatic carbocycles. The Bertz CT molecular complexity index is 387. The van der Waals surface area contributed by atoms with Gasteiger partial charge < -0.3 is 10.0 Å². The summed E-state index contributed by atoms with van der Waals surface area (Å²) in [5, 5.41) is 9.55. The number of aliphatic carboxylic acids is 1. The molecule has 3 heteroatoms. The third kappa shape index (κ3) is 3.80. The first-order valence-corrected chi connectivity index (χ1v) is 7.04. The maximum Gasteiger partial charge on any atom is 0.311 e. The van der Waals surface area contributed by atoms with E-state index in [0.717, 1.165) is 18.7 Å². The van der Waals surface area contributed by atoms with Gasteiger partial charge in [-0.15, -0.1) is 0 Å². The zero-order chi connectivity index (χ0) is 14.4. The van der Waals surface area contributed by atoms with Crippen LogP contribution >= 0.6 is 0 Å². The summed E-state index contributed by atoms with van der Waals surface area (Å²) in [6.45, 7) is 10.3. The van der Waals surface area contributed by atoms with Crippen LogP contribution in [0.25, 0.3) is 0 Å². The first-order valence-electron chi connectivity index (χ1n) is 7.04. The molecule has 1 aromatic rings. The van der Waals surface area contributed by atoms with Crippen molar-refractivity contribution in [2.45, 2.75) is 39.7 Å². The Balaban J connectivity index is 2.97. The van der Waals surface area contributed by atoms with Crippen LogP contribution < -0.4 is 0 Å². The van der Waals surface area contributed by atoms with Crippen molar-refractivity contribution in [3.8, 4) is 0 Å². The van der Waals surface area contributed by atoms with Gasteiger partial charge in [0.15, 0.2) is 0 Å². The van der Waals surface area contributed by atoms with Crippen LogP contribution in [0, 0.1) is 5.92 Å². The second kappa shape index (κ2) is 7.29. The van der Waals surface area contributed by atoms with Gasteiger partial charge in [-0.25, -0.2) is 0 Å². The molecule has 0 amide bonds. The van der Waals surface area contributed by atoms with Gasteiger partial charge in [0.25, 0.3) is 0 Å². The van der Waals surface area contributed by atoms with Crippen molar-refractivity contribution in [1.29, 1.82) is 0 Å². The molecule has 1 rings (SSSR count). The zero-order valence-corrected chi connectivity index (χ0v) is 12.3. The lowest BCUT2D eigenvalue weighted by Crippen LogP contribution is -2.41. The van der Waals surface area contributed by atoms with E-state index in [1.54, 1.807) is 0 Å². The number of nitrogens with zero attached hydrogens (tertiary/aromatic N) is 1. The van der Waals surface area contributed by atoms with E-state index in [-0.39, 0.29) is 12.0 Å². The molecule has 0 saturated heterocycles. The molecule has 0 fully saturated rings. The predicted molar refractivity (Wildman–Crippen MR) is 78.4 cm³/mol. The first kappa shape index (κ1) is 15.7. The van der Waals surface area contributed by atoms with Gasteiger partial charge in [0, 0.05) is 6.04 Å². The maximum absolute atomic E-state index is 11.6. The van der Waals surface area contributed by atoms with Crippen molar-refractivity contribution >= 4 is 5.97 Å². The lowest BCUT2D eigenvalue weighted by molar-refractivity contribution is -0.140. The lowest BCUT2D eigenvalue weighted by atomic mass is 9.82. The Morgan fingerprint density at radius 2 is 1.68 bits per heavy atom. The number of carboxylic acids is 1. The molecule has 3 nitrogen and oxygen atoms in total. The third-order valence-electron chi connectivity index (χ3n) is 4.10. The van der Waals surface area contributed by atoms with E-state index in [1.165, 1.54) is 0 Å². The number of rotatable bonds is 7. The Labute approximate surface area is 116 Å². The van der Waals surface area contributed by atoms with Crippen LogP contribution in [0.3, 0.4) is 0 Å². The normalized spacial score (nSPS) is 16.1. The standard InChI is InChI=1S/C16H25NO2/c1-5-17(6-2)13(4)12(3)15(16(18)19)14-10-8-7-9-11-14/h7-13,15H,5-6H2,1-4H3,(H,18,19). The quantitative estimate of drug-likeness (QED) is 0.821. The number of hydrogen-bond donors (Lipinski definition) is 1. The van der Waals surface area contributed by atoms with E-state index in [1.807, 2.05) is 37.3 Å². The summed E-state index contributed by atoms with van der Waals surface area (Å²) in [5.41, 5.74) is 0.890. The van der Waals surface area contributed by atoms with Gasteiger partial charge in [0.2, 0.25) is 0 Å². The molecule has 1 N–H and O–H groups in total. The molecule has 19 heavy (non-hydrogen) atoms. The molecule has 0 spiro atoms. The molecule has 0 bridgehead atoms. The monoisotopic (exact) mass is 263 g/mol. The highest BCUT2D eigenvalue weighted by Crippen LogP contribution is 2.29. The molecule has 0 heterocycles. The van der Waals surface area contributed by atoms with Crippen molar-refractivity contribution < 1.29 is 9.90 Å². The van der Waals surface area contributed by atoms with Crippen molar-refractivity contribution in [3.05, 3.63) is 35.9 Å². The summed E-state index contributed by atoms with van der Waals surface area (Å²) in [6.07, 6.45) is 0. The van der Waals surface area contributed by atoms with Crippen molar-refractivity contribution in [2.75, 3.05) is 13.1 Å². The van der Waals surface area contributed by atoms with Gasteiger partial charge in [-0.05, 0) is 31.5 Å². The van der Waals surface area contributed by atoms with E-state index < -0.39 is 11.9 Å². The largest absolute Gasteiger partial charge is 0.481 e. The van der Waals surface area contributed by atoms with E-state index >= 15 is 0 Å². The Morgan fingerprint density at radius 3 is 2.11 bits per heavy atom. The van der Waals surface area contributed by atoms with Crippen LogP contribution in [-0.2, 0) is 4.79 Å². The molecular formula is C16H25NO2. The molecule has 3 unspecified atom stereocenters. The summed E-state index contributed by atoms with van der Waals surface area (Å²) >= 11 is 0. The number of hydrogen-bond acceptors (Lipinski definition) is 2. The van der Waals surface area contributed by atoms with Crippen LogP contribution in [0.4, 0.5) is 0 Å². The highest BCUT2D eigenvalue weighted by molar-refractivity contribution is 5.76. The predicted octanol–water partition coefficient (Wildman–Crippen LogP) is 3.22. The van der Waals surface area contributed by atoms with Crippen LogP contribution in [-0.4, -0.2) is 35.1 Å². The second-order valence-electron chi connectivity index (χ2n) is 5.05. The Kier molecular flexibility index (Phi) is 6.03. The van der Waals surface area contributed by atoms with Crippen LogP contribution in [0.15, 0.2) is 30.3 Å². The van der Waals surface area contributed by atoms with Crippen LogP contribution in [0.5, 0.6) is 0 Å². The number of carbonyl (C=O) groups is 1. The molecule has 3 atom stereocenters. The van der Waals surface area contributed by atoms with Gasteiger partial charge in [0.05, 0.1) is 5.92 Å². The number of benzene rings is 1. The summed E-state index contributed by atoms with van der Waals surface area (Å²) in [7, 11) is 0. The van der Waals surface area contributed by atoms with Crippen molar-refractivity contribution in [3.63, 3.8) is 0 Å². The zero-order valence-electron chi connectivity index (χ0n) is 12.3. The molecule has 1 aromatic carbocycles. The van der Waals surface area contributed by atoms with E-state index in [2.05, 4.69) is 25.7 Å². The molecule has 0 aliphatic heterocycles. The lowest BCUT2D eigenvalue weighted by Gasteiger charge is -2.34. The molecule has 0 saturated carbocycles. The van der Waals surface area contributed by atoms with Gasteiger partial charge in [-0.1, -0.05) is 51.1 Å². The molecular weight excluding hydrogens is 238 g/mol. The Morgan fingerprint density at radius 1 is 1.16 bits per heavy atom. The van der Waals surface area contributed by atoms with E-state index in [0.29, 0.717) is 0 Å². The molecule has 0 radical (unpaired) electrons. The van der Waals surface area contributed by atoms with Crippen molar-refractivity contribution in [2.24, 2.45) is 5.92 Å². The molecule has 106 valence electrons. The highest BCUT2D eigenvalue weighted by Gasteiger charge is 2.31. The topological polar surface area (TPSA) is 40.5 Å². The highest BCUT2D eigenvalue weighted by atomic mass is 16.4. The van der Waals surface area contributed by atoms with Crippen LogP contribution in [0.2, 0.25) is 0 Å². The molecule has 0 aromatic heterocycles. The van der Waals surface area contributed by atoms with Crippen molar-refractivity contribution in [1.82, 2.24) is 4.90 Å². The summed E-state index contributed by atoms with van der Waals surface area (Å²) in [4.78, 5) is 13.9.